The van der Waals surface area contributed by atoms with Crippen molar-refractivity contribution in [3.8, 4) is 0 Å². The van der Waals surface area contributed by atoms with Gasteiger partial charge in [-0.15, -0.1) is 12.4 Å². The largest absolute Gasteiger partial charge is 0.481 e. The molecule has 0 atom stereocenters. The summed E-state index contributed by atoms with van der Waals surface area (Å²) in [4.78, 5) is 17.7. The van der Waals surface area contributed by atoms with Crippen molar-refractivity contribution in [1.29, 1.82) is 0 Å². The number of hydrogen-bond acceptors (Lipinski definition) is 4. The van der Waals surface area contributed by atoms with E-state index >= 15 is 0 Å². The highest BCUT2D eigenvalue weighted by Crippen LogP contribution is 2.05. The van der Waals surface area contributed by atoms with Crippen molar-refractivity contribution < 1.29 is 9.90 Å². The number of benzene rings is 1. The van der Waals surface area contributed by atoms with Crippen molar-refractivity contribution >= 4 is 18.4 Å². The first-order valence-electron chi connectivity index (χ1n) is 8.02. The van der Waals surface area contributed by atoms with Crippen LogP contribution in [0, 0.1) is 0 Å². The predicted octanol–water partition coefficient (Wildman–Crippen LogP) is 1.63. The Morgan fingerprint density at radius 1 is 1.09 bits per heavy atom. The number of halogens is 1. The highest BCUT2D eigenvalue weighted by Gasteiger charge is 2.17. The normalized spacial score (nSPS) is 16.3. The summed E-state index contributed by atoms with van der Waals surface area (Å²) < 4.78 is 0. The van der Waals surface area contributed by atoms with Gasteiger partial charge in [-0.25, -0.2) is 0 Å². The Hall–Kier alpha value is -1.14. The van der Waals surface area contributed by atoms with Crippen molar-refractivity contribution in [3.63, 3.8) is 0 Å². The lowest BCUT2D eigenvalue weighted by Crippen LogP contribution is -2.48. The van der Waals surface area contributed by atoms with Gasteiger partial charge in [-0.1, -0.05) is 30.3 Å². The van der Waals surface area contributed by atoms with Crippen LogP contribution in [0.2, 0.25) is 0 Å². The zero-order valence-electron chi connectivity index (χ0n) is 13.9. The molecule has 0 spiro atoms. The minimum Gasteiger partial charge on any atom is -0.481 e. The van der Waals surface area contributed by atoms with Crippen molar-refractivity contribution in [3.05, 3.63) is 35.9 Å². The van der Waals surface area contributed by atoms with Crippen LogP contribution in [0.4, 0.5) is 0 Å². The van der Waals surface area contributed by atoms with Gasteiger partial charge in [0.2, 0.25) is 0 Å². The number of rotatable bonds is 8. The molecule has 1 N–H and O–H groups in total. The van der Waals surface area contributed by atoms with Crippen LogP contribution in [-0.2, 0) is 11.3 Å². The molecule has 0 radical (unpaired) electrons. The van der Waals surface area contributed by atoms with Crippen molar-refractivity contribution in [2.45, 2.75) is 13.0 Å². The summed E-state index contributed by atoms with van der Waals surface area (Å²) in [6.07, 6.45) is 0.250. The van der Waals surface area contributed by atoms with E-state index < -0.39 is 5.97 Å². The van der Waals surface area contributed by atoms with Gasteiger partial charge >= 0.3 is 5.97 Å². The number of carboxylic acids is 1. The molecule has 2 rings (SSSR count). The summed E-state index contributed by atoms with van der Waals surface area (Å²) in [6, 6.07) is 10.5. The quantitative estimate of drug-likeness (QED) is 0.778. The SMILES string of the molecule is CN(CCN1CCN(CCC(=O)O)CC1)Cc1ccccc1.Cl. The van der Waals surface area contributed by atoms with Crippen LogP contribution in [0.25, 0.3) is 0 Å². The minimum absolute atomic E-state index is 0. The molecule has 5 nitrogen and oxygen atoms in total. The molecule has 1 aromatic carbocycles. The Morgan fingerprint density at radius 3 is 2.22 bits per heavy atom. The minimum atomic E-state index is -0.704. The van der Waals surface area contributed by atoms with Gasteiger partial charge in [0.15, 0.2) is 0 Å². The molecule has 1 saturated heterocycles. The maximum atomic E-state index is 10.6. The smallest absolute Gasteiger partial charge is 0.304 e. The molecule has 130 valence electrons. The lowest BCUT2D eigenvalue weighted by molar-refractivity contribution is -0.137. The number of aliphatic carboxylic acids is 1. The zero-order chi connectivity index (χ0) is 15.8. The third kappa shape index (κ3) is 7.79. The summed E-state index contributed by atoms with van der Waals surface area (Å²) in [5, 5.41) is 8.72. The monoisotopic (exact) mass is 341 g/mol. The van der Waals surface area contributed by atoms with E-state index in [-0.39, 0.29) is 18.8 Å². The summed E-state index contributed by atoms with van der Waals surface area (Å²) in [7, 11) is 2.16. The van der Waals surface area contributed by atoms with Crippen LogP contribution in [0.1, 0.15) is 12.0 Å². The van der Waals surface area contributed by atoms with E-state index in [1.54, 1.807) is 0 Å². The summed E-state index contributed by atoms with van der Waals surface area (Å²) >= 11 is 0. The van der Waals surface area contributed by atoms with E-state index in [4.69, 9.17) is 5.11 Å². The van der Waals surface area contributed by atoms with E-state index in [1.165, 1.54) is 5.56 Å². The van der Waals surface area contributed by atoms with E-state index in [1.807, 2.05) is 6.07 Å². The second-order valence-corrected chi connectivity index (χ2v) is 6.05. The standard InChI is InChI=1S/C17H27N3O2.ClH/c1-18(15-16-5-3-2-4-6-16)9-10-20-13-11-19(12-14-20)8-7-17(21)22;/h2-6H,7-15H2,1H3,(H,21,22);1H. The van der Waals surface area contributed by atoms with Gasteiger partial charge in [0.05, 0.1) is 6.42 Å². The number of nitrogens with zero attached hydrogens (tertiary/aromatic N) is 3. The van der Waals surface area contributed by atoms with Crippen LogP contribution in [-0.4, -0.2) is 78.6 Å². The summed E-state index contributed by atoms with van der Waals surface area (Å²) in [5.74, 6) is -0.704. The topological polar surface area (TPSA) is 47.0 Å². The van der Waals surface area contributed by atoms with Gasteiger partial charge in [0, 0.05) is 52.4 Å². The molecule has 1 heterocycles. The van der Waals surface area contributed by atoms with Crippen LogP contribution in [0.5, 0.6) is 0 Å². The number of carbonyl (C=O) groups is 1. The third-order valence-electron chi connectivity index (χ3n) is 4.20. The highest BCUT2D eigenvalue weighted by atomic mass is 35.5. The highest BCUT2D eigenvalue weighted by molar-refractivity contribution is 5.85. The van der Waals surface area contributed by atoms with E-state index in [0.717, 1.165) is 45.8 Å². The van der Waals surface area contributed by atoms with E-state index in [0.29, 0.717) is 6.54 Å². The number of likely N-dealkylation sites (N-methyl/N-ethyl adjacent to an activating group) is 1. The molecule has 23 heavy (non-hydrogen) atoms. The molecule has 1 aromatic rings. The first kappa shape index (κ1) is 19.9. The molecule has 0 bridgehead atoms. The Bertz CT molecular complexity index is 450. The van der Waals surface area contributed by atoms with Crippen molar-refractivity contribution in [2.75, 3.05) is 52.9 Å². The molecule has 0 aliphatic carbocycles. The molecular formula is C17H28ClN3O2. The molecule has 0 saturated carbocycles. The van der Waals surface area contributed by atoms with Crippen molar-refractivity contribution in [1.82, 2.24) is 14.7 Å². The van der Waals surface area contributed by atoms with Crippen LogP contribution in [0.3, 0.4) is 0 Å². The van der Waals surface area contributed by atoms with Gasteiger partial charge in [0.25, 0.3) is 0 Å². The Balaban J connectivity index is 0.00000264. The average Bonchev–Trinajstić information content (AvgIpc) is 2.53. The first-order chi connectivity index (χ1) is 10.6. The molecule has 1 fully saturated rings. The summed E-state index contributed by atoms with van der Waals surface area (Å²) in [6.45, 7) is 7.85. The predicted molar refractivity (Wildman–Crippen MR) is 95.2 cm³/mol. The number of hydrogen-bond donors (Lipinski definition) is 1. The lowest BCUT2D eigenvalue weighted by atomic mass is 10.2. The lowest BCUT2D eigenvalue weighted by Gasteiger charge is -2.35. The van der Waals surface area contributed by atoms with Gasteiger partial charge < -0.3 is 14.9 Å². The molecule has 6 heteroatoms. The van der Waals surface area contributed by atoms with Crippen LogP contribution < -0.4 is 0 Å². The van der Waals surface area contributed by atoms with E-state index in [9.17, 15) is 4.79 Å². The van der Waals surface area contributed by atoms with E-state index in [2.05, 4.69) is 46.0 Å². The Labute approximate surface area is 145 Å². The fraction of sp³-hybridized carbons (Fsp3) is 0.588. The fourth-order valence-electron chi connectivity index (χ4n) is 2.78. The Kier molecular flexibility index (Phi) is 9.17. The van der Waals surface area contributed by atoms with Gasteiger partial charge in [-0.3, -0.25) is 9.69 Å². The number of carboxylic acid groups (broad SMARTS) is 1. The van der Waals surface area contributed by atoms with Crippen LogP contribution >= 0.6 is 12.4 Å². The number of piperazine rings is 1. The Morgan fingerprint density at radius 2 is 1.65 bits per heavy atom. The average molecular weight is 342 g/mol. The third-order valence-corrected chi connectivity index (χ3v) is 4.20. The molecule has 1 aliphatic heterocycles. The van der Waals surface area contributed by atoms with Crippen molar-refractivity contribution in [2.24, 2.45) is 0 Å². The second kappa shape index (κ2) is 10.6. The maximum Gasteiger partial charge on any atom is 0.304 e. The fourth-order valence-corrected chi connectivity index (χ4v) is 2.78. The van der Waals surface area contributed by atoms with Crippen LogP contribution in [0.15, 0.2) is 30.3 Å². The molecular weight excluding hydrogens is 314 g/mol. The van der Waals surface area contributed by atoms with Gasteiger partial charge in [0.1, 0.15) is 0 Å². The molecule has 0 aromatic heterocycles. The maximum absolute atomic E-state index is 10.6. The second-order valence-electron chi connectivity index (χ2n) is 6.05. The molecule has 0 amide bonds. The molecule has 1 aliphatic rings. The van der Waals surface area contributed by atoms with Gasteiger partial charge in [-0.2, -0.15) is 0 Å². The summed E-state index contributed by atoms with van der Waals surface area (Å²) in [5.41, 5.74) is 1.35. The first-order valence-corrected chi connectivity index (χ1v) is 8.02. The zero-order valence-corrected chi connectivity index (χ0v) is 14.7. The van der Waals surface area contributed by atoms with Gasteiger partial charge in [-0.05, 0) is 12.6 Å². The molecule has 0 unspecified atom stereocenters.